The second kappa shape index (κ2) is 8.52. The van der Waals surface area contributed by atoms with E-state index in [0.29, 0.717) is 24.4 Å². The van der Waals surface area contributed by atoms with E-state index < -0.39 is 0 Å². The number of ether oxygens (including phenoxy) is 1. The van der Waals surface area contributed by atoms with Gasteiger partial charge in [-0.15, -0.1) is 0 Å². The van der Waals surface area contributed by atoms with E-state index in [1.165, 1.54) is 0 Å². The second-order valence-electron chi connectivity index (χ2n) is 7.80. The predicted octanol–water partition coefficient (Wildman–Crippen LogP) is 4.25. The molecule has 0 aliphatic carbocycles. The largest absolute Gasteiger partial charge is 0.495 e. The second-order valence-corrected chi connectivity index (χ2v) is 7.80. The minimum absolute atomic E-state index is 0.00550. The Morgan fingerprint density at radius 1 is 1.16 bits per heavy atom. The molecule has 1 aromatic heterocycles. The number of methoxy groups -OCH3 is 1. The topological polar surface area (TPSA) is 81.5 Å². The standard InChI is InChI=1S/C24H25N5O2/c1-16-15-29(24(30)27-22-8-4-7-21-20(22)6-5-11-26-21)17(2)14-28(16)19-10-9-18(13-25)23(12-19)31-3/h4-12,16-17H,14-15H2,1-3H3,(H,27,30)/t16-,17+/m0/s1. The molecular formula is C24H25N5O2. The van der Waals surface area contributed by atoms with Gasteiger partial charge in [-0.3, -0.25) is 4.98 Å². The highest BCUT2D eigenvalue weighted by Gasteiger charge is 2.32. The highest BCUT2D eigenvalue weighted by atomic mass is 16.5. The number of hydrogen-bond acceptors (Lipinski definition) is 5. The smallest absolute Gasteiger partial charge is 0.322 e. The van der Waals surface area contributed by atoms with Gasteiger partial charge in [-0.05, 0) is 50.2 Å². The lowest BCUT2D eigenvalue weighted by Gasteiger charge is -2.45. The number of rotatable bonds is 3. The maximum absolute atomic E-state index is 13.1. The molecule has 0 saturated carbocycles. The third-order valence-corrected chi connectivity index (χ3v) is 5.77. The third-order valence-electron chi connectivity index (χ3n) is 5.77. The number of hydrogen-bond donors (Lipinski definition) is 1. The molecular weight excluding hydrogens is 390 g/mol. The maximum Gasteiger partial charge on any atom is 0.322 e. The Morgan fingerprint density at radius 3 is 2.77 bits per heavy atom. The summed E-state index contributed by atoms with van der Waals surface area (Å²) in [6.45, 7) is 5.40. The minimum Gasteiger partial charge on any atom is -0.495 e. The van der Waals surface area contributed by atoms with Gasteiger partial charge in [0.15, 0.2) is 0 Å². The van der Waals surface area contributed by atoms with Crippen molar-refractivity contribution in [1.82, 2.24) is 9.88 Å². The van der Waals surface area contributed by atoms with Crippen LogP contribution < -0.4 is 15.0 Å². The lowest BCUT2D eigenvalue weighted by atomic mass is 10.1. The molecule has 1 N–H and O–H groups in total. The van der Waals surface area contributed by atoms with Crippen LogP contribution >= 0.6 is 0 Å². The number of nitriles is 1. The number of urea groups is 1. The van der Waals surface area contributed by atoms with E-state index in [4.69, 9.17) is 4.74 Å². The number of fused-ring (bicyclic) bond motifs is 1. The monoisotopic (exact) mass is 415 g/mol. The van der Waals surface area contributed by atoms with Crippen LogP contribution in [0.4, 0.5) is 16.2 Å². The van der Waals surface area contributed by atoms with Crippen LogP contribution in [0.3, 0.4) is 0 Å². The number of aromatic nitrogens is 1. The highest BCUT2D eigenvalue weighted by molar-refractivity contribution is 6.00. The van der Waals surface area contributed by atoms with E-state index in [0.717, 1.165) is 22.3 Å². The fourth-order valence-corrected chi connectivity index (χ4v) is 4.12. The molecule has 1 saturated heterocycles. The van der Waals surface area contributed by atoms with Crippen molar-refractivity contribution in [1.29, 1.82) is 5.26 Å². The molecule has 1 fully saturated rings. The minimum atomic E-state index is -0.118. The Labute approximate surface area is 181 Å². The number of pyridine rings is 1. The average molecular weight is 415 g/mol. The maximum atomic E-state index is 13.1. The van der Waals surface area contributed by atoms with Crippen LogP contribution in [-0.4, -0.2) is 48.2 Å². The average Bonchev–Trinajstić information content (AvgIpc) is 2.80. The van der Waals surface area contributed by atoms with Crippen molar-refractivity contribution in [3.63, 3.8) is 0 Å². The number of nitrogens with one attached hydrogen (secondary N) is 1. The summed E-state index contributed by atoms with van der Waals surface area (Å²) < 4.78 is 5.36. The molecule has 7 heteroatoms. The van der Waals surface area contributed by atoms with Gasteiger partial charge in [0.25, 0.3) is 0 Å². The van der Waals surface area contributed by atoms with Gasteiger partial charge in [-0.1, -0.05) is 6.07 Å². The lowest BCUT2D eigenvalue weighted by Crippen LogP contribution is -2.59. The van der Waals surface area contributed by atoms with E-state index in [2.05, 4.69) is 28.2 Å². The molecule has 0 unspecified atom stereocenters. The molecule has 2 atom stereocenters. The number of piperazine rings is 1. The molecule has 2 heterocycles. The zero-order valence-electron chi connectivity index (χ0n) is 17.9. The first-order valence-electron chi connectivity index (χ1n) is 10.3. The van der Waals surface area contributed by atoms with Crippen molar-refractivity contribution in [3.8, 4) is 11.8 Å². The van der Waals surface area contributed by atoms with Crippen LogP contribution in [0.1, 0.15) is 19.4 Å². The first-order chi connectivity index (χ1) is 15.0. The Bertz CT molecular complexity index is 1150. The Morgan fingerprint density at radius 2 is 2.00 bits per heavy atom. The predicted molar refractivity (Wildman–Crippen MR) is 121 cm³/mol. The van der Waals surface area contributed by atoms with Gasteiger partial charge >= 0.3 is 6.03 Å². The summed E-state index contributed by atoms with van der Waals surface area (Å²) in [4.78, 5) is 21.6. The van der Waals surface area contributed by atoms with Crippen LogP contribution in [0.2, 0.25) is 0 Å². The molecule has 1 aliphatic heterocycles. The quantitative estimate of drug-likeness (QED) is 0.692. The van der Waals surface area contributed by atoms with E-state index in [9.17, 15) is 10.1 Å². The van der Waals surface area contributed by atoms with E-state index in [1.807, 2.05) is 54.3 Å². The summed E-state index contributed by atoms with van der Waals surface area (Å²) in [7, 11) is 1.57. The van der Waals surface area contributed by atoms with Crippen molar-refractivity contribution in [2.75, 3.05) is 30.4 Å². The molecule has 1 aliphatic rings. The molecule has 2 amide bonds. The van der Waals surface area contributed by atoms with Gasteiger partial charge in [0.05, 0.1) is 23.9 Å². The lowest BCUT2D eigenvalue weighted by molar-refractivity contribution is 0.173. The zero-order chi connectivity index (χ0) is 22.0. The number of anilines is 2. The van der Waals surface area contributed by atoms with Gasteiger partial charge in [-0.25, -0.2) is 4.79 Å². The molecule has 0 spiro atoms. The van der Waals surface area contributed by atoms with Crippen LogP contribution in [0, 0.1) is 11.3 Å². The number of carbonyl (C=O) groups is 1. The first kappa shape index (κ1) is 20.5. The molecule has 0 bridgehead atoms. The fourth-order valence-electron chi connectivity index (χ4n) is 4.12. The SMILES string of the molecule is COc1cc(N2C[C@@H](C)N(C(=O)Nc3cccc4ncccc34)C[C@@H]2C)ccc1C#N. The van der Waals surface area contributed by atoms with Gasteiger partial charge in [0.2, 0.25) is 0 Å². The fraction of sp³-hybridized carbons (Fsp3) is 0.292. The number of benzene rings is 2. The van der Waals surface area contributed by atoms with Crippen molar-refractivity contribution in [2.45, 2.75) is 25.9 Å². The highest BCUT2D eigenvalue weighted by Crippen LogP contribution is 2.30. The summed E-state index contributed by atoms with van der Waals surface area (Å²) in [5.74, 6) is 0.560. The molecule has 2 aromatic carbocycles. The van der Waals surface area contributed by atoms with E-state index >= 15 is 0 Å². The Hall–Kier alpha value is -3.79. The van der Waals surface area contributed by atoms with Gasteiger partial charge in [0, 0.05) is 48.5 Å². The van der Waals surface area contributed by atoms with E-state index in [-0.39, 0.29) is 18.1 Å². The van der Waals surface area contributed by atoms with Gasteiger partial charge < -0.3 is 19.9 Å². The summed E-state index contributed by atoms with van der Waals surface area (Å²) in [6.07, 6.45) is 1.75. The molecule has 0 radical (unpaired) electrons. The Kier molecular flexibility index (Phi) is 5.63. The first-order valence-corrected chi connectivity index (χ1v) is 10.3. The van der Waals surface area contributed by atoms with Crippen LogP contribution in [-0.2, 0) is 0 Å². The number of nitrogens with zero attached hydrogens (tertiary/aromatic N) is 4. The molecule has 158 valence electrons. The van der Waals surface area contributed by atoms with E-state index in [1.54, 1.807) is 19.4 Å². The summed E-state index contributed by atoms with van der Waals surface area (Å²) in [5.41, 5.74) is 3.10. The number of carbonyl (C=O) groups excluding carboxylic acids is 1. The van der Waals surface area contributed by atoms with Gasteiger partial charge in [0.1, 0.15) is 11.8 Å². The molecule has 3 aromatic rings. The Balaban J connectivity index is 1.51. The molecule has 31 heavy (non-hydrogen) atoms. The van der Waals surface area contributed by atoms with Gasteiger partial charge in [-0.2, -0.15) is 5.26 Å². The third kappa shape index (κ3) is 3.97. The van der Waals surface area contributed by atoms with Crippen molar-refractivity contribution < 1.29 is 9.53 Å². The zero-order valence-corrected chi connectivity index (χ0v) is 17.9. The summed E-state index contributed by atoms with van der Waals surface area (Å²) in [5, 5.41) is 13.2. The van der Waals surface area contributed by atoms with Crippen molar-refractivity contribution in [2.24, 2.45) is 0 Å². The normalized spacial score (nSPS) is 18.5. The molecule has 7 nitrogen and oxygen atoms in total. The van der Waals surface area contributed by atoms with Crippen molar-refractivity contribution >= 4 is 28.3 Å². The summed E-state index contributed by atoms with van der Waals surface area (Å²) >= 11 is 0. The van der Waals surface area contributed by atoms with Crippen LogP contribution in [0.25, 0.3) is 10.9 Å². The van der Waals surface area contributed by atoms with Crippen LogP contribution in [0.15, 0.2) is 54.7 Å². The number of amides is 2. The summed E-state index contributed by atoms with van der Waals surface area (Å²) in [6, 6.07) is 17.3. The van der Waals surface area contributed by atoms with Crippen LogP contribution in [0.5, 0.6) is 5.75 Å². The van der Waals surface area contributed by atoms with Crippen molar-refractivity contribution in [3.05, 3.63) is 60.3 Å². The molecule has 4 rings (SSSR count).